The number of halogens is 2. The molecular formula is C20H33FIN5O3. The van der Waals surface area contributed by atoms with Gasteiger partial charge in [0, 0.05) is 52.9 Å². The Hall–Kier alpha value is -1.66. The smallest absolute Gasteiger partial charge is 0.234 e. The molecule has 170 valence electrons. The molecule has 0 aromatic heterocycles. The van der Waals surface area contributed by atoms with Gasteiger partial charge in [-0.3, -0.25) is 14.7 Å². The summed E-state index contributed by atoms with van der Waals surface area (Å²) in [5.41, 5.74) is 0. The zero-order valence-corrected chi connectivity index (χ0v) is 20.2. The molecule has 1 amide bonds. The highest BCUT2D eigenvalue weighted by molar-refractivity contribution is 14.0. The number of aliphatic imine (C=N–C) groups is 1. The number of carbonyl (C=O) groups excluding carboxylic acids is 1. The number of guanidine groups is 1. The summed E-state index contributed by atoms with van der Waals surface area (Å²) < 4.78 is 23.9. The number of methoxy groups -OCH3 is 1. The van der Waals surface area contributed by atoms with Crippen LogP contribution < -0.4 is 15.4 Å². The highest BCUT2D eigenvalue weighted by Gasteiger charge is 2.21. The average Bonchev–Trinajstić information content (AvgIpc) is 2.70. The topological polar surface area (TPSA) is 78.4 Å². The summed E-state index contributed by atoms with van der Waals surface area (Å²) in [5.74, 6) is 1.00. The summed E-state index contributed by atoms with van der Waals surface area (Å²) >= 11 is 0. The van der Waals surface area contributed by atoms with Crippen molar-refractivity contribution in [3.63, 3.8) is 0 Å². The fraction of sp³-hybridized carbons (Fsp3) is 0.600. The summed E-state index contributed by atoms with van der Waals surface area (Å²) in [5, 5.41) is 6.15. The molecule has 0 radical (unpaired) electrons. The van der Waals surface area contributed by atoms with E-state index in [-0.39, 0.29) is 41.8 Å². The number of carbonyl (C=O) groups is 1. The third kappa shape index (κ3) is 9.43. The first-order chi connectivity index (χ1) is 14.0. The van der Waals surface area contributed by atoms with E-state index in [1.165, 1.54) is 12.1 Å². The molecule has 8 nitrogen and oxygen atoms in total. The number of hydrogen-bond acceptors (Lipinski definition) is 5. The molecule has 0 spiro atoms. The van der Waals surface area contributed by atoms with Gasteiger partial charge in [-0.15, -0.1) is 24.0 Å². The summed E-state index contributed by atoms with van der Waals surface area (Å²) in [6.07, 6.45) is -0.148. The molecule has 0 bridgehead atoms. The third-order valence-corrected chi connectivity index (χ3v) is 4.56. The Kier molecular flexibility index (Phi) is 12.6. The normalized spacial score (nSPS) is 15.9. The van der Waals surface area contributed by atoms with Gasteiger partial charge in [0.05, 0.1) is 19.7 Å². The first-order valence-electron chi connectivity index (χ1n) is 9.87. The number of rotatable bonds is 9. The number of benzene rings is 1. The molecule has 1 atom stereocenters. The van der Waals surface area contributed by atoms with Crippen LogP contribution in [0.1, 0.15) is 6.92 Å². The van der Waals surface area contributed by atoms with Gasteiger partial charge in [-0.2, -0.15) is 0 Å². The van der Waals surface area contributed by atoms with E-state index in [4.69, 9.17) is 9.47 Å². The van der Waals surface area contributed by atoms with E-state index in [2.05, 4.69) is 25.4 Å². The monoisotopic (exact) mass is 537 g/mol. The second-order valence-corrected chi connectivity index (χ2v) is 6.92. The van der Waals surface area contributed by atoms with Gasteiger partial charge in [0.2, 0.25) is 5.91 Å². The molecule has 10 heteroatoms. The van der Waals surface area contributed by atoms with E-state index in [1.807, 2.05) is 6.92 Å². The molecule has 1 unspecified atom stereocenters. The Labute approximate surface area is 195 Å². The van der Waals surface area contributed by atoms with Gasteiger partial charge in [-0.1, -0.05) is 6.07 Å². The maximum Gasteiger partial charge on any atom is 0.234 e. The molecule has 1 aliphatic rings. The highest BCUT2D eigenvalue weighted by Crippen LogP contribution is 2.13. The van der Waals surface area contributed by atoms with Crippen LogP contribution in [-0.4, -0.2) is 94.3 Å². The van der Waals surface area contributed by atoms with Crippen molar-refractivity contribution in [1.82, 2.24) is 20.4 Å². The quantitative estimate of drug-likeness (QED) is 0.213. The van der Waals surface area contributed by atoms with Crippen molar-refractivity contribution < 1.29 is 18.7 Å². The summed E-state index contributed by atoms with van der Waals surface area (Å²) in [7, 11) is 3.36. The number of nitrogens with one attached hydrogen (secondary N) is 2. The molecule has 1 aromatic carbocycles. The standard InChI is InChI=1S/C20H32FN5O3.HI/c1-16(29-18-6-4-5-17(21)13-18)14-24-20(22-2)26-10-8-25(9-11-26)15-19(27)23-7-12-28-3;/h4-6,13,16H,7-12,14-15H2,1-3H3,(H,22,24)(H,23,27);1H. The van der Waals surface area contributed by atoms with Gasteiger partial charge in [0.1, 0.15) is 17.7 Å². The molecule has 1 saturated heterocycles. The Balaban J connectivity index is 0.00000450. The van der Waals surface area contributed by atoms with Crippen LogP contribution >= 0.6 is 24.0 Å². The highest BCUT2D eigenvalue weighted by atomic mass is 127. The molecule has 2 N–H and O–H groups in total. The van der Waals surface area contributed by atoms with Crippen LogP contribution in [0.2, 0.25) is 0 Å². The fourth-order valence-corrected chi connectivity index (χ4v) is 3.05. The van der Waals surface area contributed by atoms with E-state index in [0.717, 1.165) is 32.1 Å². The van der Waals surface area contributed by atoms with E-state index in [9.17, 15) is 9.18 Å². The Morgan fingerprint density at radius 3 is 2.63 bits per heavy atom. The lowest BCUT2D eigenvalue weighted by atomic mass is 10.3. The predicted octanol–water partition coefficient (Wildman–Crippen LogP) is 1.17. The van der Waals surface area contributed by atoms with Crippen molar-refractivity contribution >= 4 is 35.8 Å². The summed E-state index contributed by atoms with van der Waals surface area (Å²) in [4.78, 5) is 20.5. The van der Waals surface area contributed by atoms with Crippen molar-refractivity contribution in [2.24, 2.45) is 4.99 Å². The first kappa shape index (κ1) is 26.4. The van der Waals surface area contributed by atoms with Gasteiger partial charge in [-0.25, -0.2) is 4.39 Å². The largest absolute Gasteiger partial charge is 0.489 e. The first-order valence-corrected chi connectivity index (χ1v) is 9.87. The minimum absolute atomic E-state index is 0. The van der Waals surface area contributed by atoms with Crippen molar-refractivity contribution in [3.05, 3.63) is 30.1 Å². The van der Waals surface area contributed by atoms with Gasteiger partial charge < -0.3 is 25.0 Å². The van der Waals surface area contributed by atoms with Gasteiger partial charge in [-0.05, 0) is 19.1 Å². The molecular weight excluding hydrogens is 504 g/mol. The second kappa shape index (κ2) is 14.4. The molecule has 2 rings (SSSR count). The van der Waals surface area contributed by atoms with Gasteiger partial charge in [0.15, 0.2) is 5.96 Å². The molecule has 1 aliphatic heterocycles. The van der Waals surface area contributed by atoms with Crippen molar-refractivity contribution in [2.45, 2.75) is 13.0 Å². The molecule has 0 aliphatic carbocycles. The maximum absolute atomic E-state index is 13.3. The average molecular weight is 537 g/mol. The Bertz CT molecular complexity index is 672. The minimum atomic E-state index is -0.316. The van der Waals surface area contributed by atoms with Crippen LogP contribution in [0.3, 0.4) is 0 Å². The van der Waals surface area contributed by atoms with Crippen LogP contribution in [0, 0.1) is 5.82 Å². The molecule has 1 aromatic rings. The van der Waals surface area contributed by atoms with Crippen molar-refractivity contribution in [2.75, 3.05) is 66.6 Å². The number of ether oxygens (including phenoxy) is 2. The van der Waals surface area contributed by atoms with E-state index >= 15 is 0 Å². The Morgan fingerprint density at radius 2 is 2.00 bits per heavy atom. The lowest BCUT2D eigenvalue weighted by molar-refractivity contribution is -0.122. The van der Waals surface area contributed by atoms with E-state index in [1.54, 1.807) is 26.3 Å². The SMILES string of the molecule is CN=C(NCC(C)Oc1cccc(F)c1)N1CCN(CC(=O)NCCOC)CC1.I. The van der Waals surface area contributed by atoms with Crippen LogP contribution in [0.5, 0.6) is 5.75 Å². The van der Waals surface area contributed by atoms with Gasteiger partial charge in [0.25, 0.3) is 0 Å². The lowest BCUT2D eigenvalue weighted by Gasteiger charge is -2.36. The predicted molar refractivity (Wildman–Crippen MR) is 126 cm³/mol. The number of piperazine rings is 1. The third-order valence-electron chi connectivity index (χ3n) is 4.56. The Morgan fingerprint density at radius 1 is 1.27 bits per heavy atom. The zero-order chi connectivity index (χ0) is 21.1. The van der Waals surface area contributed by atoms with E-state index in [0.29, 0.717) is 32.0 Å². The molecule has 1 fully saturated rings. The minimum Gasteiger partial charge on any atom is -0.489 e. The number of hydrogen-bond donors (Lipinski definition) is 2. The van der Waals surface area contributed by atoms with Crippen LogP contribution in [0.25, 0.3) is 0 Å². The second-order valence-electron chi connectivity index (χ2n) is 6.92. The molecule has 0 saturated carbocycles. The summed E-state index contributed by atoms with van der Waals surface area (Å²) in [6.45, 7) is 7.04. The number of nitrogens with zero attached hydrogens (tertiary/aromatic N) is 3. The molecule has 1 heterocycles. The fourth-order valence-electron chi connectivity index (χ4n) is 3.05. The lowest BCUT2D eigenvalue weighted by Crippen LogP contribution is -2.54. The van der Waals surface area contributed by atoms with Gasteiger partial charge >= 0.3 is 0 Å². The van der Waals surface area contributed by atoms with E-state index < -0.39 is 0 Å². The van der Waals surface area contributed by atoms with Crippen LogP contribution in [-0.2, 0) is 9.53 Å². The maximum atomic E-state index is 13.3. The number of amides is 1. The van der Waals surface area contributed by atoms with Crippen molar-refractivity contribution in [3.8, 4) is 5.75 Å². The van der Waals surface area contributed by atoms with Crippen molar-refractivity contribution in [1.29, 1.82) is 0 Å². The summed E-state index contributed by atoms with van der Waals surface area (Å²) in [6, 6.07) is 6.12. The van der Waals surface area contributed by atoms with Crippen LogP contribution in [0.4, 0.5) is 4.39 Å². The van der Waals surface area contributed by atoms with Crippen LogP contribution in [0.15, 0.2) is 29.3 Å². The zero-order valence-electron chi connectivity index (χ0n) is 17.9. The molecule has 30 heavy (non-hydrogen) atoms.